The van der Waals surface area contributed by atoms with Crippen molar-refractivity contribution >= 4 is 6.29 Å². The lowest BCUT2D eigenvalue weighted by molar-refractivity contribution is -0.120. The van der Waals surface area contributed by atoms with Crippen molar-refractivity contribution in [3.05, 3.63) is 24.2 Å². The van der Waals surface area contributed by atoms with Gasteiger partial charge < -0.3 is 9.21 Å². The van der Waals surface area contributed by atoms with Crippen LogP contribution in [-0.2, 0) is 11.2 Å². The second-order valence-corrected chi connectivity index (χ2v) is 3.59. The van der Waals surface area contributed by atoms with E-state index in [1.807, 2.05) is 12.1 Å². The highest BCUT2D eigenvalue weighted by Crippen LogP contribution is 2.41. The highest BCUT2D eigenvalue weighted by molar-refractivity contribution is 5.61. The lowest BCUT2D eigenvalue weighted by atomic mass is 9.67. The highest BCUT2D eigenvalue weighted by atomic mass is 16.3. The SMILES string of the molecule is O=CC1(Cc2ccco2)CCC1. The first-order valence-corrected chi connectivity index (χ1v) is 4.33. The van der Waals surface area contributed by atoms with Gasteiger partial charge in [0.15, 0.2) is 0 Å². The molecular formula is C10H12O2. The molecule has 1 aromatic heterocycles. The van der Waals surface area contributed by atoms with Crippen LogP contribution in [0.1, 0.15) is 25.0 Å². The third-order valence-electron chi connectivity index (χ3n) is 2.71. The summed E-state index contributed by atoms with van der Waals surface area (Å²) in [5.41, 5.74) is -0.0855. The molecule has 0 unspecified atom stereocenters. The second-order valence-electron chi connectivity index (χ2n) is 3.59. The Balaban J connectivity index is 2.06. The van der Waals surface area contributed by atoms with Crippen molar-refractivity contribution in [2.24, 2.45) is 5.41 Å². The molecule has 0 amide bonds. The summed E-state index contributed by atoms with van der Waals surface area (Å²) in [6, 6.07) is 3.80. The molecule has 0 radical (unpaired) electrons. The zero-order valence-electron chi connectivity index (χ0n) is 6.95. The standard InChI is InChI=1S/C10H12O2/c11-8-10(4-2-5-10)7-9-3-1-6-12-9/h1,3,6,8H,2,4-5,7H2. The highest BCUT2D eigenvalue weighted by Gasteiger charge is 2.37. The van der Waals surface area contributed by atoms with E-state index in [2.05, 4.69) is 0 Å². The van der Waals surface area contributed by atoms with Gasteiger partial charge in [0.25, 0.3) is 0 Å². The molecule has 64 valence electrons. The minimum atomic E-state index is -0.0855. The molecule has 1 saturated carbocycles. The average Bonchev–Trinajstić information content (AvgIpc) is 2.49. The maximum atomic E-state index is 10.8. The van der Waals surface area contributed by atoms with Gasteiger partial charge in [-0.1, -0.05) is 6.42 Å². The van der Waals surface area contributed by atoms with Crippen molar-refractivity contribution in [1.82, 2.24) is 0 Å². The quantitative estimate of drug-likeness (QED) is 0.641. The number of hydrogen-bond donors (Lipinski definition) is 0. The Hall–Kier alpha value is -1.05. The Bertz CT molecular complexity index is 257. The number of furan rings is 1. The van der Waals surface area contributed by atoms with Gasteiger partial charge in [-0.3, -0.25) is 0 Å². The first-order valence-electron chi connectivity index (χ1n) is 4.33. The molecule has 0 N–H and O–H groups in total. The molecule has 1 aliphatic rings. The Morgan fingerprint density at radius 1 is 1.58 bits per heavy atom. The van der Waals surface area contributed by atoms with Gasteiger partial charge in [0.1, 0.15) is 12.0 Å². The van der Waals surface area contributed by atoms with Gasteiger partial charge >= 0.3 is 0 Å². The van der Waals surface area contributed by atoms with E-state index in [0.29, 0.717) is 0 Å². The van der Waals surface area contributed by atoms with Crippen LogP contribution in [0.15, 0.2) is 22.8 Å². The molecule has 2 rings (SSSR count). The molecule has 1 aliphatic carbocycles. The van der Waals surface area contributed by atoms with Crippen molar-refractivity contribution < 1.29 is 9.21 Å². The zero-order valence-corrected chi connectivity index (χ0v) is 6.95. The van der Waals surface area contributed by atoms with Gasteiger partial charge in [-0.15, -0.1) is 0 Å². The molecule has 12 heavy (non-hydrogen) atoms. The van der Waals surface area contributed by atoms with Gasteiger partial charge in [0.05, 0.1) is 6.26 Å². The number of rotatable bonds is 3. The van der Waals surface area contributed by atoms with Gasteiger partial charge in [-0.25, -0.2) is 0 Å². The van der Waals surface area contributed by atoms with E-state index >= 15 is 0 Å². The molecule has 0 aromatic carbocycles. The largest absolute Gasteiger partial charge is 0.469 e. The summed E-state index contributed by atoms with van der Waals surface area (Å²) in [4.78, 5) is 10.8. The van der Waals surface area contributed by atoms with Crippen LogP contribution < -0.4 is 0 Å². The van der Waals surface area contributed by atoms with Crippen molar-refractivity contribution in [3.8, 4) is 0 Å². The molecule has 1 aromatic rings. The predicted octanol–water partition coefficient (Wildman–Crippen LogP) is 2.19. The molecule has 0 bridgehead atoms. The molecule has 0 saturated heterocycles. The maximum absolute atomic E-state index is 10.8. The minimum Gasteiger partial charge on any atom is -0.469 e. The molecule has 2 nitrogen and oxygen atoms in total. The van der Waals surface area contributed by atoms with Gasteiger partial charge in [0, 0.05) is 11.8 Å². The lowest BCUT2D eigenvalue weighted by Crippen LogP contribution is -2.33. The second kappa shape index (κ2) is 2.77. The van der Waals surface area contributed by atoms with E-state index < -0.39 is 0 Å². The molecule has 0 spiro atoms. The topological polar surface area (TPSA) is 30.2 Å². The molecule has 0 atom stereocenters. The van der Waals surface area contributed by atoms with Gasteiger partial charge in [-0.2, -0.15) is 0 Å². The van der Waals surface area contributed by atoms with Crippen LogP contribution in [-0.4, -0.2) is 6.29 Å². The summed E-state index contributed by atoms with van der Waals surface area (Å²) >= 11 is 0. The van der Waals surface area contributed by atoms with E-state index in [1.165, 1.54) is 6.42 Å². The Morgan fingerprint density at radius 3 is 2.83 bits per heavy atom. The fraction of sp³-hybridized carbons (Fsp3) is 0.500. The summed E-state index contributed by atoms with van der Waals surface area (Å²) in [5, 5.41) is 0. The van der Waals surface area contributed by atoms with Crippen molar-refractivity contribution in [3.63, 3.8) is 0 Å². The monoisotopic (exact) mass is 164 g/mol. The number of aldehydes is 1. The average molecular weight is 164 g/mol. The van der Waals surface area contributed by atoms with Crippen LogP contribution in [0.25, 0.3) is 0 Å². The number of carbonyl (C=O) groups is 1. The van der Waals surface area contributed by atoms with Crippen LogP contribution in [0, 0.1) is 5.41 Å². The van der Waals surface area contributed by atoms with Crippen molar-refractivity contribution in [2.75, 3.05) is 0 Å². The van der Waals surface area contributed by atoms with Crippen LogP contribution >= 0.6 is 0 Å². The van der Waals surface area contributed by atoms with E-state index in [4.69, 9.17) is 4.42 Å². The Labute approximate surface area is 71.6 Å². The van der Waals surface area contributed by atoms with E-state index in [0.717, 1.165) is 31.3 Å². The van der Waals surface area contributed by atoms with Gasteiger partial charge in [-0.05, 0) is 25.0 Å². The van der Waals surface area contributed by atoms with E-state index in [1.54, 1.807) is 6.26 Å². The molecule has 1 heterocycles. The summed E-state index contributed by atoms with van der Waals surface area (Å²) in [6.07, 6.45) is 6.77. The molecule has 1 fully saturated rings. The molecule has 2 heteroatoms. The normalized spacial score (nSPS) is 20.0. The fourth-order valence-electron chi connectivity index (χ4n) is 1.73. The first-order chi connectivity index (χ1) is 5.85. The van der Waals surface area contributed by atoms with E-state index in [9.17, 15) is 4.79 Å². The van der Waals surface area contributed by atoms with Crippen molar-refractivity contribution in [2.45, 2.75) is 25.7 Å². The Kier molecular flexibility index (Phi) is 1.75. The first kappa shape index (κ1) is 7.59. The number of hydrogen-bond acceptors (Lipinski definition) is 2. The van der Waals surface area contributed by atoms with Crippen LogP contribution in [0.4, 0.5) is 0 Å². The van der Waals surface area contributed by atoms with Crippen LogP contribution in [0.5, 0.6) is 0 Å². The van der Waals surface area contributed by atoms with Gasteiger partial charge in [0.2, 0.25) is 0 Å². The predicted molar refractivity (Wildman–Crippen MR) is 44.8 cm³/mol. The maximum Gasteiger partial charge on any atom is 0.126 e. The zero-order chi connectivity index (χ0) is 8.44. The fourth-order valence-corrected chi connectivity index (χ4v) is 1.73. The lowest BCUT2D eigenvalue weighted by Gasteiger charge is -2.35. The van der Waals surface area contributed by atoms with Crippen LogP contribution in [0.3, 0.4) is 0 Å². The summed E-state index contributed by atoms with van der Waals surface area (Å²) < 4.78 is 5.21. The third kappa shape index (κ3) is 1.17. The molecular weight excluding hydrogens is 152 g/mol. The minimum absolute atomic E-state index is 0.0855. The summed E-state index contributed by atoms with van der Waals surface area (Å²) in [7, 11) is 0. The Morgan fingerprint density at radius 2 is 2.42 bits per heavy atom. The van der Waals surface area contributed by atoms with Crippen LogP contribution in [0.2, 0.25) is 0 Å². The van der Waals surface area contributed by atoms with E-state index in [-0.39, 0.29) is 5.41 Å². The summed E-state index contributed by atoms with van der Waals surface area (Å²) in [5.74, 6) is 0.932. The molecule has 0 aliphatic heterocycles. The van der Waals surface area contributed by atoms with Crippen molar-refractivity contribution in [1.29, 1.82) is 0 Å². The number of carbonyl (C=O) groups excluding carboxylic acids is 1. The summed E-state index contributed by atoms with van der Waals surface area (Å²) in [6.45, 7) is 0. The smallest absolute Gasteiger partial charge is 0.126 e. The third-order valence-corrected chi connectivity index (χ3v) is 2.71.